The van der Waals surface area contributed by atoms with Crippen molar-refractivity contribution in [2.75, 3.05) is 12.8 Å². The van der Waals surface area contributed by atoms with E-state index in [4.69, 9.17) is 15.2 Å². The van der Waals surface area contributed by atoms with Crippen LogP contribution in [-0.4, -0.2) is 17.1 Å². The fourth-order valence-electron chi connectivity index (χ4n) is 1.94. The van der Waals surface area contributed by atoms with Crippen LogP contribution in [0.4, 0.5) is 5.69 Å². The molecule has 5 heteroatoms. The SMILES string of the molecule is COc1ccc(N)cc1Oc1ncnc2ccccc12. The molecule has 1 heterocycles. The molecule has 0 bridgehead atoms. The maximum Gasteiger partial charge on any atom is 0.230 e. The van der Waals surface area contributed by atoms with Crippen LogP contribution in [0.15, 0.2) is 48.8 Å². The second kappa shape index (κ2) is 5.05. The monoisotopic (exact) mass is 267 g/mol. The molecule has 0 radical (unpaired) electrons. The number of benzene rings is 2. The first-order valence-electron chi connectivity index (χ1n) is 6.09. The highest BCUT2D eigenvalue weighted by atomic mass is 16.5. The number of nitrogen functional groups attached to an aromatic ring is 1. The summed E-state index contributed by atoms with van der Waals surface area (Å²) in [6.45, 7) is 0. The third kappa shape index (κ3) is 2.21. The Morgan fingerprint density at radius 3 is 2.70 bits per heavy atom. The third-order valence-corrected chi connectivity index (χ3v) is 2.90. The van der Waals surface area contributed by atoms with Gasteiger partial charge in [0.25, 0.3) is 0 Å². The molecule has 0 spiro atoms. The number of methoxy groups -OCH3 is 1. The van der Waals surface area contributed by atoms with Gasteiger partial charge in [0, 0.05) is 11.8 Å². The molecule has 0 atom stereocenters. The van der Waals surface area contributed by atoms with Crippen LogP contribution in [0.5, 0.6) is 17.4 Å². The third-order valence-electron chi connectivity index (χ3n) is 2.90. The maximum atomic E-state index is 5.84. The Kier molecular flexibility index (Phi) is 3.09. The molecule has 0 aliphatic carbocycles. The van der Waals surface area contributed by atoms with Gasteiger partial charge >= 0.3 is 0 Å². The average molecular weight is 267 g/mol. The number of nitrogens with two attached hydrogens (primary N) is 1. The number of nitrogens with zero attached hydrogens (tertiary/aromatic N) is 2. The predicted molar refractivity (Wildman–Crippen MR) is 77.0 cm³/mol. The summed E-state index contributed by atoms with van der Waals surface area (Å²) in [4.78, 5) is 8.37. The fourth-order valence-corrected chi connectivity index (χ4v) is 1.94. The van der Waals surface area contributed by atoms with E-state index in [2.05, 4.69) is 9.97 Å². The molecule has 1 aromatic heterocycles. The van der Waals surface area contributed by atoms with Gasteiger partial charge in [-0.1, -0.05) is 12.1 Å². The van der Waals surface area contributed by atoms with Crippen molar-refractivity contribution in [2.24, 2.45) is 0 Å². The number of anilines is 1. The molecule has 0 saturated carbocycles. The van der Waals surface area contributed by atoms with Gasteiger partial charge in [-0.25, -0.2) is 9.97 Å². The molecular formula is C15H13N3O2. The quantitative estimate of drug-likeness (QED) is 0.739. The van der Waals surface area contributed by atoms with Crippen LogP contribution in [0.3, 0.4) is 0 Å². The van der Waals surface area contributed by atoms with E-state index >= 15 is 0 Å². The van der Waals surface area contributed by atoms with Gasteiger partial charge in [-0.15, -0.1) is 0 Å². The number of aromatic nitrogens is 2. The summed E-state index contributed by atoms with van der Waals surface area (Å²) >= 11 is 0. The Bertz CT molecular complexity index is 754. The standard InChI is InChI=1S/C15H13N3O2/c1-19-13-7-6-10(16)8-14(13)20-15-11-4-2-3-5-12(11)17-9-18-15/h2-9H,16H2,1H3. The molecule has 0 saturated heterocycles. The minimum atomic E-state index is 0.472. The van der Waals surface area contributed by atoms with Gasteiger partial charge in [0.2, 0.25) is 5.88 Å². The molecule has 20 heavy (non-hydrogen) atoms. The van der Waals surface area contributed by atoms with E-state index in [9.17, 15) is 0 Å². The molecular weight excluding hydrogens is 254 g/mol. The number of hydrogen-bond acceptors (Lipinski definition) is 5. The smallest absolute Gasteiger partial charge is 0.230 e. The zero-order valence-corrected chi connectivity index (χ0v) is 10.9. The zero-order chi connectivity index (χ0) is 13.9. The molecule has 3 rings (SSSR count). The highest BCUT2D eigenvalue weighted by Crippen LogP contribution is 2.34. The average Bonchev–Trinajstić information content (AvgIpc) is 2.48. The van der Waals surface area contributed by atoms with E-state index in [1.54, 1.807) is 25.3 Å². The van der Waals surface area contributed by atoms with Crippen LogP contribution in [0, 0.1) is 0 Å². The van der Waals surface area contributed by atoms with Crippen LogP contribution in [0.2, 0.25) is 0 Å². The summed E-state index contributed by atoms with van der Waals surface area (Å²) in [6, 6.07) is 12.9. The highest BCUT2D eigenvalue weighted by Gasteiger charge is 2.10. The molecule has 0 unspecified atom stereocenters. The van der Waals surface area contributed by atoms with Crippen molar-refractivity contribution in [3.05, 3.63) is 48.8 Å². The van der Waals surface area contributed by atoms with Crippen LogP contribution < -0.4 is 15.2 Å². The fraction of sp³-hybridized carbons (Fsp3) is 0.0667. The minimum absolute atomic E-state index is 0.472. The summed E-state index contributed by atoms with van der Waals surface area (Å²) in [5.74, 6) is 1.60. The van der Waals surface area contributed by atoms with E-state index in [1.165, 1.54) is 6.33 Å². The molecule has 0 aliphatic heterocycles. The van der Waals surface area contributed by atoms with Gasteiger partial charge in [-0.2, -0.15) is 0 Å². The van der Waals surface area contributed by atoms with Crippen molar-refractivity contribution in [1.29, 1.82) is 0 Å². The van der Waals surface area contributed by atoms with Gasteiger partial charge in [0.1, 0.15) is 6.33 Å². The first kappa shape index (κ1) is 12.2. The molecule has 2 aromatic carbocycles. The predicted octanol–water partition coefficient (Wildman–Crippen LogP) is 3.01. The topological polar surface area (TPSA) is 70.3 Å². The lowest BCUT2D eigenvalue weighted by atomic mass is 10.2. The van der Waals surface area contributed by atoms with E-state index < -0.39 is 0 Å². The Labute approximate surface area is 116 Å². The summed E-state index contributed by atoms with van der Waals surface area (Å²) in [6.07, 6.45) is 1.47. The zero-order valence-electron chi connectivity index (χ0n) is 10.9. The van der Waals surface area contributed by atoms with E-state index in [0.717, 1.165) is 10.9 Å². The molecule has 5 nitrogen and oxygen atoms in total. The number of fused-ring (bicyclic) bond motifs is 1. The summed E-state index contributed by atoms with van der Waals surface area (Å²) in [5.41, 5.74) is 7.20. The van der Waals surface area contributed by atoms with E-state index in [1.807, 2.05) is 24.3 Å². The van der Waals surface area contributed by atoms with E-state index in [0.29, 0.717) is 23.1 Å². The summed E-state index contributed by atoms with van der Waals surface area (Å²) < 4.78 is 11.1. The van der Waals surface area contributed by atoms with Crippen molar-refractivity contribution in [3.63, 3.8) is 0 Å². The number of ether oxygens (including phenoxy) is 2. The Hall–Kier alpha value is -2.82. The lowest BCUT2D eigenvalue weighted by molar-refractivity contribution is 0.376. The van der Waals surface area contributed by atoms with Crippen molar-refractivity contribution < 1.29 is 9.47 Å². The Balaban J connectivity index is 2.07. The van der Waals surface area contributed by atoms with Crippen LogP contribution >= 0.6 is 0 Å². The molecule has 0 amide bonds. The van der Waals surface area contributed by atoms with Crippen molar-refractivity contribution in [2.45, 2.75) is 0 Å². The first-order valence-corrected chi connectivity index (χ1v) is 6.09. The van der Waals surface area contributed by atoms with Gasteiger partial charge in [-0.3, -0.25) is 0 Å². The summed E-state index contributed by atoms with van der Waals surface area (Å²) in [7, 11) is 1.58. The lowest BCUT2D eigenvalue weighted by Crippen LogP contribution is -1.95. The van der Waals surface area contributed by atoms with Crippen molar-refractivity contribution >= 4 is 16.6 Å². The Morgan fingerprint density at radius 2 is 1.85 bits per heavy atom. The van der Waals surface area contributed by atoms with Crippen LogP contribution in [0.25, 0.3) is 10.9 Å². The molecule has 100 valence electrons. The maximum absolute atomic E-state index is 5.84. The van der Waals surface area contributed by atoms with E-state index in [-0.39, 0.29) is 0 Å². The molecule has 2 N–H and O–H groups in total. The van der Waals surface area contributed by atoms with Crippen molar-refractivity contribution in [1.82, 2.24) is 9.97 Å². The largest absolute Gasteiger partial charge is 0.493 e. The molecule has 3 aromatic rings. The highest BCUT2D eigenvalue weighted by molar-refractivity contribution is 5.83. The minimum Gasteiger partial charge on any atom is -0.493 e. The van der Waals surface area contributed by atoms with Gasteiger partial charge in [-0.05, 0) is 24.3 Å². The number of hydrogen-bond donors (Lipinski definition) is 1. The van der Waals surface area contributed by atoms with Crippen LogP contribution in [0.1, 0.15) is 0 Å². The number of rotatable bonds is 3. The second-order valence-electron chi connectivity index (χ2n) is 4.21. The van der Waals surface area contributed by atoms with Crippen molar-refractivity contribution in [3.8, 4) is 17.4 Å². The summed E-state index contributed by atoms with van der Waals surface area (Å²) in [5, 5.41) is 0.833. The molecule has 0 aliphatic rings. The molecule has 0 fully saturated rings. The van der Waals surface area contributed by atoms with Gasteiger partial charge in [0.15, 0.2) is 11.5 Å². The van der Waals surface area contributed by atoms with Gasteiger partial charge < -0.3 is 15.2 Å². The Morgan fingerprint density at radius 1 is 1.00 bits per heavy atom. The van der Waals surface area contributed by atoms with Crippen LogP contribution in [-0.2, 0) is 0 Å². The number of para-hydroxylation sites is 1. The lowest BCUT2D eigenvalue weighted by Gasteiger charge is -2.11. The second-order valence-corrected chi connectivity index (χ2v) is 4.21. The first-order chi connectivity index (χ1) is 9.78. The normalized spacial score (nSPS) is 10.4. The van der Waals surface area contributed by atoms with Gasteiger partial charge in [0.05, 0.1) is 18.0 Å².